The van der Waals surface area contributed by atoms with Crippen LogP contribution in [0.15, 0.2) is 24.3 Å². The molecule has 1 aliphatic heterocycles. The number of ether oxygens (including phenoxy) is 1. The molecule has 1 aromatic rings. The van der Waals surface area contributed by atoms with Crippen LogP contribution in [0.4, 0.5) is 0 Å². The molecule has 0 radical (unpaired) electrons. The first-order chi connectivity index (χ1) is 10.1. The summed E-state index contributed by atoms with van der Waals surface area (Å²) in [5, 5.41) is 10.8. The third kappa shape index (κ3) is 4.46. The van der Waals surface area contributed by atoms with E-state index in [-0.39, 0.29) is 17.4 Å². The summed E-state index contributed by atoms with van der Waals surface area (Å²) in [6, 6.07) is 6.29. The molecule has 0 atom stereocenters. The Morgan fingerprint density at radius 1 is 1.33 bits per heavy atom. The summed E-state index contributed by atoms with van der Waals surface area (Å²) in [5.41, 5.74) is 5.41. The second-order valence-corrected chi connectivity index (χ2v) is 5.34. The number of nitrogens with two attached hydrogens (primary N) is 1. The smallest absolute Gasteiger partial charge is 0.220 e. The van der Waals surface area contributed by atoms with Crippen LogP contribution in [0.5, 0.6) is 5.75 Å². The van der Waals surface area contributed by atoms with Gasteiger partial charge in [-0.2, -0.15) is 0 Å². The predicted octanol–water partition coefficient (Wildman–Crippen LogP) is -1.79. The number of rotatable bonds is 6. The van der Waals surface area contributed by atoms with Crippen LogP contribution in [0.1, 0.15) is 23.2 Å². The largest absolute Gasteiger partial charge is 0.545 e. The zero-order valence-corrected chi connectivity index (χ0v) is 11.8. The zero-order chi connectivity index (χ0) is 15.2. The van der Waals surface area contributed by atoms with E-state index in [9.17, 15) is 14.7 Å². The summed E-state index contributed by atoms with van der Waals surface area (Å²) in [4.78, 5) is 23.2. The molecule has 1 saturated heterocycles. The van der Waals surface area contributed by atoms with E-state index in [2.05, 4.69) is 0 Å². The molecule has 1 aliphatic rings. The minimum absolute atomic E-state index is 0.00872. The summed E-state index contributed by atoms with van der Waals surface area (Å²) in [6.07, 6.45) is 1.65. The fourth-order valence-electron chi connectivity index (χ4n) is 2.59. The third-order valence-corrected chi connectivity index (χ3v) is 3.89. The molecule has 2 rings (SSSR count). The highest BCUT2D eigenvalue weighted by molar-refractivity contribution is 5.86. The Bertz CT molecular complexity index is 510. The molecule has 1 aromatic carbocycles. The number of carbonyl (C=O) groups is 2. The molecule has 1 heterocycles. The highest BCUT2D eigenvalue weighted by Crippen LogP contribution is 2.12. The number of piperidine rings is 1. The van der Waals surface area contributed by atoms with Crippen LogP contribution in [0.25, 0.3) is 0 Å². The van der Waals surface area contributed by atoms with Crippen molar-refractivity contribution in [2.75, 3.05) is 26.2 Å². The van der Waals surface area contributed by atoms with Gasteiger partial charge in [-0.15, -0.1) is 0 Å². The van der Waals surface area contributed by atoms with Crippen molar-refractivity contribution in [3.63, 3.8) is 0 Å². The van der Waals surface area contributed by atoms with Crippen LogP contribution in [0, 0.1) is 5.92 Å². The predicted molar refractivity (Wildman–Crippen MR) is 73.7 cm³/mol. The van der Waals surface area contributed by atoms with Crippen LogP contribution in [-0.4, -0.2) is 38.1 Å². The fourth-order valence-corrected chi connectivity index (χ4v) is 2.59. The van der Waals surface area contributed by atoms with Gasteiger partial charge in [-0.05, 0) is 12.1 Å². The summed E-state index contributed by atoms with van der Waals surface area (Å²) in [7, 11) is 0. The Morgan fingerprint density at radius 2 is 2.05 bits per heavy atom. The average Bonchev–Trinajstić information content (AvgIpc) is 2.48. The van der Waals surface area contributed by atoms with E-state index < -0.39 is 5.97 Å². The number of hydrogen-bond donors (Lipinski definition) is 2. The molecule has 0 unspecified atom stereocenters. The molecule has 6 heteroatoms. The van der Waals surface area contributed by atoms with Gasteiger partial charge in [0.2, 0.25) is 5.91 Å². The van der Waals surface area contributed by atoms with Gasteiger partial charge >= 0.3 is 0 Å². The summed E-state index contributed by atoms with van der Waals surface area (Å²) in [5.74, 6) is -0.874. The molecular weight excluding hydrogens is 272 g/mol. The van der Waals surface area contributed by atoms with Crippen molar-refractivity contribution in [2.45, 2.75) is 12.8 Å². The number of primary amides is 1. The lowest BCUT2D eigenvalue weighted by Crippen LogP contribution is -3.13. The Labute approximate surface area is 123 Å². The average molecular weight is 292 g/mol. The lowest BCUT2D eigenvalue weighted by Gasteiger charge is -2.27. The van der Waals surface area contributed by atoms with Gasteiger partial charge in [0.25, 0.3) is 0 Å². The van der Waals surface area contributed by atoms with E-state index in [1.807, 2.05) is 0 Å². The lowest BCUT2D eigenvalue weighted by atomic mass is 9.96. The van der Waals surface area contributed by atoms with Crippen LogP contribution < -0.4 is 20.5 Å². The molecule has 0 aromatic heterocycles. The van der Waals surface area contributed by atoms with Crippen molar-refractivity contribution in [3.05, 3.63) is 29.8 Å². The number of nitrogens with one attached hydrogen (secondary N) is 1. The van der Waals surface area contributed by atoms with Crippen molar-refractivity contribution >= 4 is 11.9 Å². The molecule has 0 bridgehead atoms. The number of amides is 1. The van der Waals surface area contributed by atoms with Crippen molar-refractivity contribution in [2.24, 2.45) is 11.7 Å². The van der Waals surface area contributed by atoms with Gasteiger partial charge in [0.1, 0.15) is 18.9 Å². The summed E-state index contributed by atoms with van der Waals surface area (Å²) < 4.78 is 5.57. The molecule has 6 nitrogen and oxygen atoms in total. The molecule has 0 saturated carbocycles. The number of aromatic carboxylic acids is 1. The first-order valence-electron chi connectivity index (χ1n) is 7.13. The molecular formula is C15H20N2O4. The number of quaternary nitrogens is 1. The van der Waals surface area contributed by atoms with E-state index in [0.29, 0.717) is 12.4 Å². The quantitative estimate of drug-likeness (QED) is 0.647. The maximum Gasteiger partial charge on any atom is 0.220 e. The molecule has 1 fully saturated rings. The minimum atomic E-state index is -1.21. The van der Waals surface area contributed by atoms with Gasteiger partial charge < -0.3 is 25.3 Å². The first-order valence-corrected chi connectivity index (χ1v) is 7.13. The lowest BCUT2D eigenvalue weighted by molar-refractivity contribution is -0.905. The first kappa shape index (κ1) is 15.3. The number of carbonyl (C=O) groups excluding carboxylic acids is 2. The zero-order valence-electron chi connectivity index (χ0n) is 11.8. The van der Waals surface area contributed by atoms with E-state index in [1.165, 1.54) is 17.0 Å². The number of carboxylic acids is 1. The van der Waals surface area contributed by atoms with Crippen molar-refractivity contribution < 1.29 is 24.3 Å². The van der Waals surface area contributed by atoms with E-state index in [4.69, 9.17) is 10.5 Å². The Hall–Kier alpha value is -2.08. The number of benzene rings is 1. The summed E-state index contributed by atoms with van der Waals surface area (Å²) in [6.45, 7) is 3.15. The monoisotopic (exact) mass is 292 g/mol. The van der Waals surface area contributed by atoms with Crippen molar-refractivity contribution in [1.29, 1.82) is 0 Å². The molecule has 114 valence electrons. The van der Waals surface area contributed by atoms with Crippen LogP contribution in [0.3, 0.4) is 0 Å². The topological polar surface area (TPSA) is 96.9 Å². The van der Waals surface area contributed by atoms with Gasteiger partial charge in [-0.1, -0.05) is 12.1 Å². The third-order valence-electron chi connectivity index (χ3n) is 3.89. The molecule has 0 aliphatic carbocycles. The maximum atomic E-state index is 11.1. The van der Waals surface area contributed by atoms with Crippen molar-refractivity contribution in [3.8, 4) is 5.75 Å². The number of likely N-dealkylation sites (tertiary alicyclic amines) is 1. The Kier molecular flexibility index (Phi) is 5.16. The summed E-state index contributed by atoms with van der Waals surface area (Å²) >= 11 is 0. The van der Waals surface area contributed by atoms with Gasteiger partial charge in [-0.3, -0.25) is 4.79 Å². The molecule has 3 N–H and O–H groups in total. The highest BCUT2D eigenvalue weighted by atomic mass is 16.5. The van der Waals surface area contributed by atoms with Gasteiger partial charge in [-0.25, -0.2) is 0 Å². The molecule has 21 heavy (non-hydrogen) atoms. The molecule has 0 spiro atoms. The fraction of sp³-hybridized carbons (Fsp3) is 0.467. The van der Waals surface area contributed by atoms with Crippen LogP contribution >= 0.6 is 0 Å². The van der Waals surface area contributed by atoms with Gasteiger partial charge in [0.15, 0.2) is 0 Å². The normalized spacial score (nSPS) is 21.7. The van der Waals surface area contributed by atoms with E-state index in [0.717, 1.165) is 32.5 Å². The van der Waals surface area contributed by atoms with Crippen LogP contribution in [-0.2, 0) is 4.79 Å². The maximum absolute atomic E-state index is 11.1. The SMILES string of the molecule is NC(=O)C1CC[NH+](CCOc2cccc(C(=O)[O-])c2)CC1. The molecule has 1 amide bonds. The standard InChI is InChI=1S/C15H20N2O4/c16-14(18)11-4-6-17(7-5-11)8-9-21-13-3-1-2-12(10-13)15(19)20/h1-3,10-11H,4-9H2,(H2,16,18)(H,19,20). The number of hydrogen-bond acceptors (Lipinski definition) is 4. The Balaban J connectivity index is 1.74. The van der Waals surface area contributed by atoms with E-state index >= 15 is 0 Å². The van der Waals surface area contributed by atoms with Crippen molar-refractivity contribution in [1.82, 2.24) is 0 Å². The highest BCUT2D eigenvalue weighted by Gasteiger charge is 2.25. The second kappa shape index (κ2) is 7.08. The van der Waals surface area contributed by atoms with Crippen LogP contribution in [0.2, 0.25) is 0 Å². The minimum Gasteiger partial charge on any atom is -0.545 e. The number of carboxylic acid groups (broad SMARTS) is 1. The van der Waals surface area contributed by atoms with E-state index in [1.54, 1.807) is 12.1 Å². The Morgan fingerprint density at radius 3 is 2.67 bits per heavy atom. The van der Waals surface area contributed by atoms with Gasteiger partial charge in [0, 0.05) is 24.3 Å². The van der Waals surface area contributed by atoms with Gasteiger partial charge in [0.05, 0.1) is 19.1 Å². The second-order valence-electron chi connectivity index (χ2n) is 5.34.